The molecule has 0 aliphatic rings. The summed E-state index contributed by atoms with van der Waals surface area (Å²) >= 11 is 1.70. The van der Waals surface area contributed by atoms with Gasteiger partial charge in [-0.25, -0.2) is 0 Å². The van der Waals surface area contributed by atoms with Gasteiger partial charge in [0.05, 0.1) is 11.3 Å². The Hall–Kier alpha value is -1.94. The second-order valence-electron chi connectivity index (χ2n) is 4.42. The van der Waals surface area contributed by atoms with Crippen LogP contribution in [-0.2, 0) is 0 Å². The van der Waals surface area contributed by atoms with Crippen molar-refractivity contribution in [3.05, 3.63) is 53.6 Å². The Morgan fingerprint density at radius 3 is 2.70 bits per heavy atom. The van der Waals surface area contributed by atoms with Crippen LogP contribution >= 0.6 is 11.8 Å². The summed E-state index contributed by atoms with van der Waals surface area (Å²) in [5, 5.41) is 2.94. The van der Waals surface area contributed by atoms with Crippen LogP contribution < -0.4 is 11.1 Å². The van der Waals surface area contributed by atoms with Crippen molar-refractivity contribution in [2.45, 2.75) is 18.7 Å². The average molecular weight is 286 g/mol. The summed E-state index contributed by atoms with van der Waals surface area (Å²) in [5.74, 6) is 0.787. The number of hydrogen-bond acceptors (Lipinski definition) is 3. The van der Waals surface area contributed by atoms with Crippen molar-refractivity contribution in [2.75, 3.05) is 16.8 Å². The third-order valence-corrected chi connectivity index (χ3v) is 3.96. The molecule has 0 saturated carbocycles. The Labute approximate surface area is 123 Å². The van der Waals surface area contributed by atoms with Gasteiger partial charge in [0, 0.05) is 10.6 Å². The molecule has 0 fully saturated rings. The van der Waals surface area contributed by atoms with Crippen LogP contribution in [0.5, 0.6) is 0 Å². The number of aryl methyl sites for hydroxylation is 1. The number of para-hydroxylation sites is 2. The standard InChI is InChI=1S/C16H18N2OS/c1-3-20-14-10-5-4-9-13(14)18-16(19)12-8-6-7-11(2)15(12)17/h4-10H,3,17H2,1-2H3,(H,18,19). The van der Waals surface area contributed by atoms with Crippen LogP contribution in [-0.4, -0.2) is 11.7 Å². The SMILES string of the molecule is CCSc1ccccc1NC(=O)c1cccc(C)c1N. The van der Waals surface area contributed by atoms with E-state index in [2.05, 4.69) is 12.2 Å². The van der Waals surface area contributed by atoms with Crippen molar-refractivity contribution in [3.63, 3.8) is 0 Å². The van der Waals surface area contributed by atoms with Crippen molar-refractivity contribution in [1.29, 1.82) is 0 Å². The quantitative estimate of drug-likeness (QED) is 0.661. The van der Waals surface area contributed by atoms with E-state index in [9.17, 15) is 4.79 Å². The van der Waals surface area contributed by atoms with Crippen LogP contribution in [0.1, 0.15) is 22.8 Å². The zero-order chi connectivity index (χ0) is 14.5. The van der Waals surface area contributed by atoms with E-state index in [1.54, 1.807) is 17.8 Å². The summed E-state index contributed by atoms with van der Waals surface area (Å²) in [6.07, 6.45) is 0. The number of nitrogens with one attached hydrogen (secondary N) is 1. The number of amides is 1. The minimum absolute atomic E-state index is 0.171. The number of carbonyl (C=O) groups excluding carboxylic acids is 1. The number of benzene rings is 2. The first-order valence-electron chi connectivity index (χ1n) is 6.51. The smallest absolute Gasteiger partial charge is 0.257 e. The van der Waals surface area contributed by atoms with Crippen molar-refractivity contribution >= 4 is 29.0 Å². The van der Waals surface area contributed by atoms with Gasteiger partial charge in [-0.05, 0) is 36.4 Å². The summed E-state index contributed by atoms with van der Waals surface area (Å²) in [6, 6.07) is 13.3. The Kier molecular flexibility index (Phi) is 4.69. The van der Waals surface area contributed by atoms with Crippen molar-refractivity contribution < 1.29 is 4.79 Å². The van der Waals surface area contributed by atoms with Crippen LogP contribution in [0.4, 0.5) is 11.4 Å². The number of nitrogens with two attached hydrogens (primary N) is 1. The van der Waals surface area contributed by atoms with Crippen LogP contribution in [0.3, 0.4) is 0 Å². The lowest BCUT2D eigenvalue weighted by Crippen LogP contribution is -2.15. The van der Waals surface area contributed by atoms with E-state index in [0.29, 0.717) is 11.3 Å². The fourth-order valence-electron chi connectivity index (χ4n) is 1.92. The summed E-state index contributed by atoms with van der Waals surface area (Å²) in [7, 11) is 0. The van der Waals surface area contributed by atoms with Crippen molar-refractivity contribution in [3.8, 4) is 0 Å². The summed E-state index contributed by atoms with van der Waals surface area (Å²) in [4.78, 5) is 13.4. The molecule has 20 heavy (non-hydrogen) atoms. The third-order valence-electron chi connectivity index (χ3n) is 3.00. The van der Waals surface area contributed by atoms with E-state index >= 15 is 0 Å². The molecular formula is C16H18N2OS. The Balaban J connectivity index is 2.26. The lowest BCUT2D eigenvalue weighted by molar-refractivity contribution is 0.102. The molecule has 0 radical (unpaired) electrons. The van der Waals surface area contributed by atoms with Crippen molar-refractivity contribution in [2.24, 2.45) is 0 Å². The lowest BCUT2D eigenvalue weighted by Gasteiger charge is -2.12. The van der Waals surface area contributed by atoms with Gasteiger partial charge in [-0.1, -0.05) is 31.2 Å². The number of rotatable bonds is 4. The Morgan fingerprint density at radius 1 is 1.20 bits per heavy atom. The average Bonchev–Trinajstić information content (AvgIpc) is 2.44. The highest BCUT2D eigenvalue weighted by Gasteiger charge is 2.12. The van der Waals surface area contributed by atoms with Gasteiger partial charge in [-0.3, -0.25) is 4.79 Å². The third kappa shape index (κ3) is 3.14. The molecule has 0 saturated heterocycles. The van der Waals surface area contributed by atoms with Gasteiger partial charge >= 0.3 is 0 Å². The molecular weight excluding hydrogens is 268 g/mol. The van der Waals surface area contributed by atoms with Gasteiger partial charge < -0.3 is 11.1 Å². The first-order valence-corrected chi connectivity index (χ1v) is 7.50. The minimum Gasteiger partial charge on any atom is -0.398 e. The molecule has 104 valence electrons. The van der Waals surface area contributed by atoms with Gasteiger partial charge in [0.2, 0.25) is 0 Å². The van der Waals surface area contributed by atoms with E-state index in [1.807, 2.05) is 43.3 Å². The fraction of sp³-hybridized carbons (Fsp3) is 0.188. The predicted molar refractivity (Wildman–Crippen MR) is 86.4 cm³/mol. The molecule has 0 heterocycles. The second kappa shape index (κ2) is 6.48. The Morgan fingerprint density at radius 2 is 1.95 bits per heavy atom. The minimum atomic E-state index is -0.171. The zero-order valence-corrected chi connectivity index (χ0v) is 12.5. The predicted octanol–water partition coefficient (Wildman–Crippen LogP) is 3.94. The zero-order valence-electron chi connectivity index (χ0n) is 11.6. The molecule has 0 aliphatic carbocycles. The molecule has 3 nitrogen and oxygen atoms in total. The van der Waals surface area contributed by atoms with Gasteiger partial charge in [0.1, 0.15) is 0 Å². The normalized spacial score (nSPS) is 10.3. The molecule has 2 aromatic rings. The molecule has 1 amide bonds. The maximum Gasteiger partial charge on any atom is 0.257 e. The van der Waals surface area contributed by atoms with Crippen molar-refractivity contribution in [1.82, 2.24) is 0 Å². The molecule has 0 aliphatic heterocycles. The van der Waals surface area contributed by atoms with Crippen LogP contribution in [0, 0.1) is 6.92 Å². The molecule has 0 atom stereocenters. The van der Waals surface area contributed by atoms with E-state index in [4.69, 9.17) is 5.73 Å². The monoisotopic (exact) mass is 286 g/mol. The summed E-state index contributed by atoms with van der Waals surface area (Å²) < 4.78 is 0. The summed E-state index contributed by atoms with van der Waals surface area (Å²) in [5.41, 5.74) is 8.75. The molecule has 4 heteroatoms. The van der Waals surface area contributed by atoms with Gasteiger partial charge in [-0.15, -0.1) is 11.8 Å². The van der Waals surface area contributed by atoms with Gasteiger partial charge in [-0.2, -0.15) is 0 Å². The molecule has 0 aromatic heterocycles. The van der Waals surface area contributed by atoms with E-state index in [-0.39, 0.29) is 5.91 Å². The number of carbonyl (C=O) groups is 1. The fourth-order valence-corrected chi connectivity index (χ4v) is 2.68. The number of anilines is 2. The number of thioether (sulfide) groups is 1. The van der Waals surface area contributed by atoms with Crippen LogP contribution in [0.2, 0.25) is 0 Å². The molecule has 2 rings (SSSR count). The van der Waals surface area contributed by atoms with Crippen LogP contribution in [0.25, 0.3) is 0 Å². The van der Waals surface area contributed by atoms with E-state index in [1.165, 1.54) is 0 Å². The van der Waals surface area contributed by atoms with E-state index in [0.717, 1.165) is 21.9 Å². The lowest BCUT2D eigenvalue weighted by atomic mass is 10.1. The number of hydrogen-bond donors (Lipinski definition) is 2. The largest absolute Gasteiger partial charge is 0.398 e. The summed E-state index contributed by atoms with van der Waals surface area (Å²) in [6.45, 7) is 3.98. The van der Waals surface area contributed by atoms with E-state index < -0.39 is 0 Å². The first kappa shape index (κ1) is 14.5. The number of nitrogen functional groups attached to an aromatic ring is 1. The maximum absolute atomic E-state index is 12.3. The molecule has 3 N–H and O–H groups in total. The highest BCUT2D eigenvalue weighted by atomic mass is 32.2. The highest BCUT2D eigenvalue weighted by molar-refractivity contribution is 7.99. The molecule has 0 spiro atoms. The Bertz CT molecular complexity index is 626. The van der Waals surface area contributed by atoms with Crippen LogP contribution in [0.15, 0.2) is 47.4 Å². The molecule has 0 unspecified atom stereocenters. The maximum atomic E-state index is 12.3. The highest BCUT2D eigenvalue weighted by Crippen LogP contribution is 2.27. The second-order valence-corrected chi connectivity index (χ2v) is 5.73. The molecule has 2 aromatic carbocycles. The molecule has 0 bridgehead atoms. The van der Waals surface area contributed by atoms with Gasteiger partial charge in [0.25, 0.3) is 5.91 Å². The topological polar surface area (TPSA) is 55.1 Å². The first-order chi connectivity index (χ1) is 9.63. The van der Waals surface area contributed by atoms with Gasteiger partial charge in [0.15, 0.2) is 0 Å².